The Bertz CT molecular complexity index is 1700. The van der Waals surface area contributed by atoms with Gasteiger partial charge in [-0.15, -0.1) is 0 Å². The van der Waals surface area contributed by atoms with Crippen LogP contribution >= 0.6 is 0 Å². The van der Waals surface area contributed by atoms with Crippen molar-refractivity contribution in [1.29, 1.82) is 0 Å². The first-order valence-electron chi connectivity index (χ1n) is 15.6. The minimum Gasteiger partial charge on any atom is -0.494 e. The first-order valence-corrected chi connectivity index (χ1v) is 15.6. The number of rotatable bonds is 6. The van der Waals surface area contributed by atoms with Crippen LogP contribution in [0.3, 0.4) is 0 Å². The van der Waals surface area contributed by atoms with E-state index in [1.807, 2.05) is 24.1 Å². The molecule has 3 N–H and O–H groups in total. The second kappa shape index (κ2) is 9.74. The van der Waals surface area contributed by atoms with Crippen molar-refractivity contribution < 1.29 is 14.6 Å². The van der Waals surface area contributed by atoms with Crippen LogP contribution in [0.2, 0.25) is 0 Å². The molecule has 220 valence electrons. The van der Waals surface area contributed by atoms with Crippen molar-refractivity contribution in [2.75, 3.05) is 31.6 Å². The summed E-state index contributed by atoms with van der Waals surface area (Å²) in [5, 5.41) is 11.2. The number of anilines is 1. The summed E-state index contributed by atoms with van der Waals surface area (Å²) in [5.41, 5.74) is 12.2. The second-order valence-corrected chi connectivity index (χ2v) is 13.0. The van der Waals surface area contributed by atoms with E-state index in [9.17, 15) is 9.90 Å². The summed E-state index contributed by atoms with van der Waals surface area (Å²) < 4.78 is 10.4. The van der Waals surface area contributed by atoms with Crippen molar-refractivity contribution in [2.45, 2.75) is 63.3 Å². The summed E-state index contributed by atoms with van der Waals surface area (Å²) in [7, 11) is 3.70. The number of hydrogen-bond acceptors (Lipinski definition) is 6. The van der Waals surface area contributed by atoms with Crippen LogP contribution in [0.15, 0.2) is 36.4 Å². The zero-order valence-electron chi connectivity index (χ0n) is 24.5. The fraction of sp³-hybridized carbons (Fsp3) is 0.515. The number of likely N-dealkylation sites (tertiary alicyclic amines) is 1. The highest BCUT2D eigenvalue weighted by molar-refractivity contribution is 6.00. The molecule has 2 aromatic heterocycles. The molecule has 2 aliphatic heterocycles. The molecule has 9 nitrogen and oxygen atoms in total. The molecule has 3 atom stereocenters. The summed E-state index contributed by atoms with van der Waals surface area (Å²) in [5.74, 6) is 2.63. The predicted molar refractivity (Wildman–Crippen MR) is 164 cm³/mol. The molecule has 2 bridgehead atoms. The molecule has 4 aromatic rings. The number of imidazole rings is 1. The van der Waals surface area contributed by atoms with Crippen molar-refractivity contribution in [3.8, 4) is 17.3 Å². The Balaban J connectivity index is 1.21. The molecule has 0 radical (unpaired) electrons. The second-order valence-electron chi connectivity index (χ2n) is 13.0. The van der Waals surface area contributed by atoms with E-state index >= 15 is 0 Å². The van der Waals surface area contributed by atoms with Gasteiger partial charge < -0.3 is 34.5 Å². The molecule has 2 unspecified atom stereocenters. The minimum atomic E-state index is -0.191. The van der Waals surface area contributed by atoms with Crippen molar-refractivity contribution in [1.82, 2.24) is 19.0 Å². The topological polar surface area (TPSA) is 102 Å². The molecule has 8 rings (SSSR count). The Hall–Kier alpha value is -3.56. The van der Waals surface area contributed by atoms with Crippen LogP contribution in [-0.4, -0.2) is 75.0 Å². The van der Waals surface area contributed by atoms with Crippen LogP contribution in [0.25, 0.3) is 33.5 Å². The molecule has 2 saturated carbocycles. The summed E-state index contributed by atoms with van der Waals surface area (Å²) in [6.45, 7) is 3.45. The number of aliphatic hydroxyl groups is 1. The van der Waals surface area contributed by atoms with Crippen LogP contribution in [0.1, 0.15) is 48.9 Å². The maximum Gasteiger partial charge on any atom is 0.254 e. The van der Waals surface area contributed by atoms with E-state index in [1.54, 1.807) is 7.11 Å². The monoisotopic (exact) mass is 568 g/mol. The highest BCUT2D eigenvalue weighted by atomic mass is 16.5. The Kier molecular flexibility index (Phi) is 6.05. The summed E-state index contributed by atoms with van der Waals surface area (Å²) in [6, 6.07) is 13.0. The number of piperidine rings is 2. The molecular weight excluding hydrogens is 528 g/mol. The smallest absolute Gasteiger partial charge is 0.254 e. The van der Waals surface area contributed by atoms with Gasteiger partial charge in [0.05, 0.1) is 29.9 Å². The number of nitrogens with zero attached hydrogens (tertiary/aromatic N) is 5. The average Bonchev–Trinajstić information content (AvgIpc) is 3.41. The highest BCUT2D eigenvalue weighted by Crippen LogP contribution is 2.41. The number of fused-ring (bicyclic) bond motifs is 4. The van der Waals surface area contributed by atoms with Gasteiger partial charge in [0, 0.05) is 61.9 Å². The molecule has 9 heteroatoms. The van der Waals surface area contributed by atoms with Crippen molar-refractivity contribution in [3.05, 3.63) is 42.0 Å². The van der Waals surface area contributed by atoms with E-state index in [4.69, 9.17) is 15.5 Å². The van der Waals surface area contributed by atoms with Gasteiger partial charge in [-0.3, -0.25) is 4.79 Å². The highest BCUT2D eigenvalue weighted by Gasteiger charge is 2.47. The van der Waals surface area contributed by atoms with Crippen LogP contribution < -0.4 is 15.4 Å². The maximum absolute atomic E-state index is 13.7. The number of aliphatic hydroxyl groups excluding tert-OH is 1. The molecule has 2 aromatic carbocycles. The molecule has 0 spiro atoms. The summed E-state index contributed by atoms with van der Waals surface area (Å²) in [6.07, 6.45) is 6.04. The number of hydrogen-bond donors (Lipinski definition) is 2. The summed E-state index contributed by atoms with van der Waals surface area (Å²) >= 11 is 0. The minimum absolute atomic E-state index is 0.0191. The Morgan fingerprint density at radius 2 is 1.88 bits per heavy atom. The number of aryl methyl sites for hydroxylation is 1. The zero-order valence-corrected chi connectivity index (χ0v) is 24.5. The zero-order chi connectivity index (χ0) is 28.7. The van der Waals surface area contributed by atoms with Gasteiger partial charge in [-0.2, -0.15) is 0 Å². The number of methoxy groups -OCH3 is 1. The van der Waals surface area contributed by atoms with Crippen LogP contribution in [0.5, 0.6) is 5.75 Å². The third kappa shape index (κ3) is 4.12. The SMILES string of the molecule is COc1cc(C(=O)N2CC3CCC2[C@@H]3N)cc2nc(-c3cc4ccc(N5CCC(O)CC5)cc4n3CC3CC3)n(C)c12. The van der Waals surface area contributed by atoms with E-state index < -0.39 is 0 Å². The molecule has 1 amide bonds. The van der Waals surface area contributed by atoms with Gasteiger partial charge in [-0.05, 0) is 80.7 Å². The van der Waals surface area contributed by atoms with E-state index in [1.165, 1.54) is 29.4 Å². The lowest BCUT2D eigenvalue weighted by atomic mass is 10.1. The lowest BCUT2D eigenvalue weighted by molar-refractivity contribution is 0.0700. The van der Waals surface area contributed by atoms with Crippen LogP contribution in [0, 0.1) is 11.8 Å². The molecule has 2 saturated heterocycles. The molecule has 4 heterocycles. The van der Waals surface area contributed by atoms with Crippen molar-refractivity contribution in [2.24, 2.45) is 24.6 Å². The number of carbonyl (C=O) groups excluding carboxylic acids is 1. The fourth-order valence-electron chi connectivity index (χ4n) is 7.77. The van der Waals surface area contributed by atoms with Gasteiger partial charge in [0.15, 0.2) is 5.82 Å². The lowest BCUT2D eigenvalue weighted by Crippen LogP contribution is -2.41. The number of aromatic nitrogens is 3. The first kappa shape index (κ1) is 26.1. The van der Waals surface area contributed by atoms with Crippen LogP contribution in [-0.2, 0) is 13.6 Å². The van der Waals surface area contributed by atoms with E-state index in [0.717, 1.165) is 74.4 Å². The number of carbonyl (C=O) groups is 1. The third-order valence-corrected chi connectivity index (χ3v) is 10.4. The summed E-state index contributed by atoms with van der Waals surface area (Å²) in [4.78, 5) is 23.2. The third-order valence-electron chi connectivity index (χ3n) is 10.4. The molecular formula is C33H40N6O3. The van der Waals surface area contributed by atoms with Gasteiger partial charge in [0.25, 0.3) is 5.91 Å². The average molecular weight is 569 g/mol. The van der Waals surface area contributed by atoms with Gasteiger partial charge >= 0.3 is 0 Å². The number of amides is 1. The molecule has 2 aliphatic carbocycles. The molecule has 4 fully saturated rings. The van der Waals surface area contributed by atoms with Crippen LogP contribution in [0.4, 0.5) is 5.69 Å². The van der Waals surface area contributed by atoms with Gasteiger partial charge in [0.1, 0.15) is 11.3 Å². The quantitative estimate of drug-likeness (QED) is 0.363. The van der Waals surface area contributed by atoms with Gasteiger partial charge in [-0.1, -0.05) is 6.07 Å². The predicted octanol–water partition coefficient (Wildman–Crippen LogP) is 4.14. The normalized spacial score (nSPS) is 24.4. The fourth-order valence-corrected chi connectivity index (χ4v) is 7.77. The number of ether oxygens (including phenoxy) is 1. The Morgan fingerprint density at radius 3 is 2.57 bits per heavy atom. The van der Waals surface area contributed by atoms with Gasteiger partial charge in [0.2, 0.25) is 0 Å². The maximum atomic E-state index is 13.7. The number of nitrogens with two attached hydrogens (primary N) is 1. The first-order chi connectivity index (χ1) is 20.4. The van der Waals surface area contributed by atoms with E-state index in [2.05, 4.69) is 38.3 Å². The Morgan fingerprint density at radius 1 is 1.07 bits per heavy atom. The molecule has 4 aliphatic rings. The van der Waals surface area contributed by atoms with E-state index in [0.29, 0.717) is 23.1 Å². The van der Waals surface area contributed by atoms with E-state index in [-0.39, 0.29) is 24.1 Å². The van der Waals surface area contributed by atoms with Crippen molar-refractivity contribution in [3.63, 3.8) is 0 Å². The standard InChI is InChI=1S/C33H40N6O3/c1-36-31-25(13-22(15-29(31)42-2)33(41)39-18-21-6-8-26(39)30(21)34)35-32(36)28-14-20-5-7-23(37-11-9-24(40)10-12-37)16-27(20)38(28)17-19-3-4-19/h5,7,13-16,19,21,24,26,30,40H,3-4,6,8-12,17-18,34H2,1-2H3/t21?,26?,30-/m1/s1. The van der Waals surface area contributed by atoms with Gasteiger partial charge in [-0.25, -0.2) is 4.98 Å². The number of benzene rings is 2. The molecule has 42 heavy (non-hydrogen) atoms. The largest absolute Gasteiger partial charge is 0.494 e. The van der Waals surface area contributed by atoms with Crippen molar-refractivity contribution >= 4 is 33.5 Å². The lowest BCUT2D eigenvalue weighted by Gasteiger charge is -2.31. The Labute approximate surface area is 245 Å².